The number of pyridine rings is 1. The van der Waals surface area contributed by atoms with Crippen LogP contribution in [0, 0.1) is 10.1 Å². The summed E-state index contributed by atoms with van der Waals surface area (Å²) in [7, 11) is 0. The Morgan fingerprint density at radius 2 is 2.15 bits per heavy atom. The highest BCUT2D eigenvalue weighted by atomic mass is 35.5. The summed E-state index contributed by atoms with van der Waals surface area (Å²) in [6.07, 6.45) is 1.42. The summed E-state index contributed by atoms with van der Waals surface area (Å²) in [6, 6.07) is 6.27. The van der Waals surface area contributed by atoms with E-state index in [4.69, 9.17) is 11.6 Å². The van der Waals surface area contributed by atoms with Crippen LogP contribution in [0.5, 0.6) is 5.75 Å². The van der Waals surface area contributed by atoms with Gasteiger partial charge in [-0.05, 0) is 24.3 Å². The van der Waals surface area contributed by atoms with Crippen LogP contribution >= 0.6 is 11.6 Å². The number of carbonyl (C=O) groups excluding carboxylic acids is 1. The first-order chi connectivity index (χ1) is 9.49. The molecule has 0 aliphatic rings. The highest BCUT2D eigenvalue weighted by molar-refractivity contribution is 6.33. The minimum Gasteiger partial charge on any atom is -0.508 e. The van der Waals surface area contributed by atoms with Crippen LogP contribution in [0.15, 0.2) is 36.5 Å². The molecule has 102 valence electrons. The Kier molecular flexibility index (Phi) is 3.81. The maximum Gasteiger partial charge on any atom is 0.282 e. The van der Waals surface area contributed by atoms with Crippen molar-refractivity contribution >= 4 is 29.0 Å². The molecule has 0 unspecified atom stereocenters. The largest absolute Gasteiger partial charge is 0.508 e. The van der Waals surface area contributed by atoms with Crippen molar-refractivity contribution in [3.8, 4) is 5.75 Å². The zero-order chi connectivity index (χ0) is 14.7. The van der Waals surface area contributed by atoms with Crippen molar-refractivity contribution in [1.82, 2.24) is 4.98 Å². The van der Waals surface area contributed by atoms with E-state index >= 15 is 0 Å². The second-order valence-corrected chi connectivity index (χ2v) is 4.15. The molecule has 1 aromatic heterocycles. The molecule has 1 amide bonds. The fourth-order valence-electron chi connectivity index (χ4n) is 1.52. The highest BCUT2D eigenvalue weighted by Gasteiger charge is 2.21. The van der Waals surface area contributed by atoms with Crippen LogP contribution in [0.2, 0.25) is 5.02 Å². The molecule has 2 rings (SSSR count). The zero-order valence-corrected chi connectivity index (χ0v) is 10.7. The van der Waals surface area contributed by atoms with Crippen LogP contribution in [0.3, 0.4) is 0 Å². The number of carbonyl (C=O) groups is 1. The Morgan fingerprint density at radius 1 is 1.40 bits per heavy atom. The Balaban J connectivity index is 2.37. The number of halogens is 1. The van der Waals surface area contributed by atoms with E-state index in [1.165, 1.54) is 12.3 Å². The minimum atomic E-state index is -0.784. The number of hydrogen-bond acceptors (Lipinski definition) is 5. The quantitative estimate of drug-likeness (QED) is 0.668. The van der Waals surface area contributed by atoms with Crippen molar-refractivity contribution in [2.24, 2.45) is 0 Å². The molecule has 7 nitrogen and oxygen atoms in total. The molecule has 0 aliphatic heterocycles. The number of aromatic nitrogens is 1. The molecule has 1 heterocycles. The number of benzene rings is 1. The van der Waals surface area contributed by atoms with Crippen molar-refractivity contribution in [3.05, 3.63) is 57.2 Å². The summed E-state index contributed by atoms with van der Waals surface area (Å²) in [6.45, 7) is 0. The van der Waals surface area contributed by atoms with Crippen molar-refractivity contribution in [2.45, 2.75) is 0 Å². The van der Waals surface area contributed by atoms with Gasteiger partial charge in [-0.15, -0.1) is 0 Å². The smallest absolute Gasteiger partial charge is 0.282 e. The monoisotopic (exact) mass is 293 g/mol. The number of amides is 1. The number of phenols is 1. The predicted octanol–water partition coefficient (Wildman–Crippen LogP) is 2.60. The summed E-state index contributed by atoms with van der Waals surface area (Å²) in [5, 5.41) is 22.8. The molecule has 0 saturated carbocycles. The predicted molar refractivity (Wildman–Crippen MR) is 72.0 cm³/mol. The van der Waals surface area contributed by atoms with E-state index in [1.54, 1.807) is 6.07 Å². The third-order valence-corrected chi connectivity index (χ3v) is 2.72. The van der Waals surface area contributed by atoms with Gasteiger partial charge in [-0.1, -0.05) is 11.6 Å². The summed E-state index contributed by atoms with van der Waals surface area (Å²) < 4.78 is 0. The number of rotatable bonds is 3. The average molecular weight is 294 g/mol. The lowest BCUT2D eigenvalue weighted by molar-refractivity contribution is -0.385. The number of nitrogens with zero attached hydrogens (tertiary/aromatic N) is 2. The lowest BCUT2D eigenvalue weighted by atomic mass is 10.1. The number of phenolic OH excluding ortho intramolecular Hbond substituents is 1. The Labute approximate surface area is 118 Å². The first-order valence-corrected chi connectivity index (χ1v) is 5.76. The summed E-state index contributed by atoms with van der Waals surface area (Å²) in [5.74, 6) is -0.960. The molecule has 0 fully saturated rings. The lowest BCUT2D eigenvalue weighted by Gasteiger charge is -2.06. The van der Waals surface area contributed by atoms with E-state index in [-0.39, 0.29) is 22.2 Å². The van der Waals surface area contributed by atoms with E-state index in [2.05, 4.69) is 10.3 Å². The van der Waals surface area contributed by atoms with Gasteiger partial charge in [0.25, 0.3) is 11.6 Å². The molecule has 0 radical (unpaired) electrons. The zero-order valence-electron chi connectivity index (χ0n) is 9.91. The van der Waals surface area contributed by atoms with Gasteiger partial charge in [0, 0.05) is 12.3 Å². The topological polar surface area (TPSA) is 105 Å². The van der Waals surface area contributed by atoms with E-state index < -0.39 is 16.5 Å². The van der Waals surface area contributed by atoms with Gasteiger partial charge >= 0.3 is 0 Å². The van der Waals surface area contributed by atoms with Gasteiger partial charge in [-0.3, -0.25) is 14.9 Å². The van der Waals surface area contributed by atoms with Gasteiger partial charge in [0.05, 0.1) is 9.95 Å². The summed E-state index contributed by atoms with van der Waals surface area (Å²) in [4.78, 5) is 26.0. The fraction of sp³-hybridized carbons (Fsp3) is 0. The Bertz CT molecular complexity index is 690. The summed E-state index contributed by atoms with van der Waals surface area (Å²) in [5.41, 5.74) is -0.705. The van der Waals surface area contributed by atoms with Gasteiger partial charge < -0.3 is 10.4 Å². The second kappa shape index (κ2) is 5.54. The van der Waals surface area contributed by atoms with E-state index in [0.29, 0.717) is 0 Å². The number of hydrogen-bond donors (Lipinski definition) is 2. The van der Waals surface area contributed by atoms with Crippen LogP contribution in [0.25, 0.3) is 0 Å². The average Bonchev–Trinajstić information content (AvgIpc) is 2.40. The summed E-state index contributed by atoms with van der Waals surface area (Å²) >= 11 is 5.83. The molecule has 0 spiro atoms. The van der Waals surface area contributed by atoms with Crippen LogP contribution in [0.1, 0.15) is 10.4 Å². The first kappa shape index (κ1) is 13.8. The molecule has 0 saturated heterocycles. The van der Waals surface area contributed by atoms with Gasteiger partial charge in [0.1, 0.15) is 11.3 Å². The normalized spacial score (nSPS) is 10.1. The first-order valence-electron chi connectivity index (χ1n) is 5.38. The Hall–Kier alpha value is -2.67. The van der Waals surface area contributed by atoms with Gasteiger partial charge in [0.15, 0.2) is 5.82 Å². The molecule has 0 bridgehead atoms. The number of nitro benzene ring substituents is 1. The third kappa shape index (κ3) is 2.83. The van der Waals surface area contributed by atoms with Crippen LogP contribution in [-0.2, 0) is 0 Å². The molecular weight excluding hydrogens is 286 g/mol. The van der Waals surface area contributed by atoms with Gasteiger partial charge in [-0.25, -0.2) is 4.98 Å². The molecule has 8 heteroatoms. The number of aromatic hydroxyl groups is 1. The van der Waals surface area contributed by atoms with E-state index in [9.17, 15) is 20.0 Å². The molecule has 2 aromatic rings. The maximum absolute atomic E-state index is 12.0. The second-order valence-electron chi connectivity index (χ2n) is 3.75. The molecule has 1 aromatic carbocycles. The van der Waals surface area contributed by atoms with Crippen molar-refractivity contribution < 1.29 is 14.8 Å². The third-order valence-electron chi connectivity index (χ3n) is 2.41. The van der Waals surface area contributed by atoms with Crippen LogP contribution in [0.4, 0.5) is 11.5 Å². The number of nitrogens with one attached hydrogen (secondary N) is 1. The van der Waals surface area contributed by atoms with Crippen LogP contribution in [-0.4, -0.2) is 20.9 Å². The molecule has 2 N–H and O–H groups in total. The molecule has 20 heavy (non-hydrogen) atoms. The fourth-order valence-corrected chi connectivity index (χ4v) is 1.69. The van der Waals surface area contributed by atoms with Crippen molar-refractivity contribution in [2.75, 3.05) is 5.32 Å². The van der Waals surface area contributed by atoms with Crippen molar-refractivity contribution in [1.29, 1.82) is 0 Å². The Morgan fingerprint density at radius 3 is 2.80 bits per heavy atom. The van der Waals surface area contributed by atoms with Crippen LogP contribution < -0.4 is 5.32 Å². The molecule has 0 atom stereocenters. The van der Waals surface area contributed by atoms with E-state index in [0.717, 1.165) is 18.2 Å². The standard InChI is InChI=1S/C12H8ClN3O4/c13-9-2-1-5-14-11(9)15-12(18)8-6-7(17)3-4-10(8)16(19)20/h1-6,17H,(H,14,15,18). The lowest BCUT2D eigenvalue weighted by Crippen LogP contribution is -2.15. The minimum absolute atomic E-state index is 0.0804. The molecular formula is C12H8ClN3O4. The van der Waals surface area contributed by atoms with Gasteiger partial charge in [-0.2, -0.15) is 0 Å². The van der Waals surface area contributed by atoms with E-state index in [1.807, 2.05) is 0 Å². The molecule has 0 aliphatic carbocycles. The SMILES string of the molecule is O=C(Nc1ncccc1Cl)c1cc(O)ccc1[N+](=O)[O-]. The van der Waals surface area contributed by atoms with Crippen molar-refractivity contribution in [3.63, 3.8) is 0 Å². The number of nitro groups is 1. The number of anilines is 1. The maximum atomic E-state index is 12.0. The highest BCUT2D eigenvalue weighted by Crippen LogP contribution is 2.25. The van der Waals surface area contributed by atoms with Gasteiger partial charge in [0.2, 0.25) is 0 Å².